The molecule has 2 saturated heterocycles. The fourth-order valence-corrected chi connectivity index (χ4v) is 5.60. The molecule has 0 bridgehead atoms. The minimum Gasteiger partial charge on any atom is -0.420 e. The Morgan fingerprint density at radius 2 is 1.79 bits per heavy atom. The molecule has 8 nitrogen and oxygen atoms in total. The summed E-state index contributed by atoms with van der Waals surface area (Å²) in [5.41, 5.74) is -0.510. The van der Waals surface area contributed by atoms with E-state index in [0.29, 0.717) is 49.7 Å². The Hall–Kier alpha value is -3.96. The van der Waals surface area contributed by atoms with E-state index in [1.807, 2.05) is 18.7 Å². The van der Waals surface area contributed by atoms with Gasteiger partial charge in [-0.25, -0.2) is 9.37 Å². The van der Waals surface area contributed by atoms with Crippen molar-refractivity contribution in [2.24, 2.45) is 5.92 Å². The van der Waals surface area contributed by atoms with E-state index < -0.39 is 29.2 Å². The maximum Gasteiger partial charge on any atom is 0.437 e. The van der Waals surface area contributed by atoms with Crippen LogP contribution in [0.5, 0.6) is 0 Å². The van der Waals surface area contributed by atoms with Gasteiger partial charge in [0.15, 0.2) is 5.69 Å². The maximum atomic E-state index is 14.0. The Morgan fingerprint density at radius 3 is 2.45 bits per heavy atom. The third kappa shape index (κ3) is 6.57. The lowest BCUT2D eigenvalue weighted by Crippen LogP contribution is -2.54. The van der Waals surface area contributed by atoms with Gasteiger partial charge in [-0.1, -0.05) is 31.2 Å². The van der Waals surface area contributed by atoms with Gasteiger partial charge < -0.3 is 19.1 Å². The summed E-state index contributed by atoms with van der Waals surface area (Å²) in [5.74, 6) is -1.26. The van der Waals surface area contributed by atoms with E-state index in [1.54, 1.807) is 40.1 Å². The third-order valence-corrected chi connectivity index (χ3v) is 7.81. The van der Waals surface area contributed by atoms with Gasteiger partial charge >= 0.3 is 6.18 Å². The number of hydrogen-bond acceptors (Lipinski definition) is 7. The molecule has 42 heavy (non-hydrogen) atoms. The lowest BCUT2D eigenvalue weighted by molar-refractivity contribution is -0.141. The first-order chi connectivity index (χ1) is 20.0. The van der Waals surface area contributed by atoms with Crippen LogP contribution < -0.4 is 9.80 Å². The fourth-order valence-electron chi connectivity index (χ4n) is 5.60. The molecule has 0 radical (unpaired) electrons. The molecule has 1 amide bonds. The zero-order valence-corrected chi connectivity index (χ0v) is 23.5. The second-order valence-corrected chi connectivity index (χ2v) is 11.1. The van der Waals surface area contributed by atoms with Gasteiger partial charge in [-0.3, -0.25) is 9.59 Å². The number of carbonyl (C=O) groups is 2. The molecule has 4 heterocycles. The van der Waals surface area contributed by atoms with Gasteiger partial charge in [-0.2, -0.15) is 18.2 Å². The molecule has 3 aromatic rings. The molecule has 0 spiro atoms. The number of anilines is 2. The molecule has 0 N–H and O–H groups in total. The summed E-state index contributed by atoms with van der Waals surface area (Å²) in [6.45, 7) is 6.39. The van der Waals surface area contributed by atoms with Crippen LogP contribution in [0.15, 0.2) is 47.0 Å². The van der Waals surface area contributed by atoms with E-state index in [-0.39, 0.29) is 36.7 Å². The zero-order valence-electron chi connectivity index (χ0n) is 23.5. The molecular formula is C30H33F4N5O3. The van der Waals surface area contributed by atoms with Crippen molar-refractivity contribution in [1.29, 1.82) is 0 Å². The number of piperidine rings is 1. The molecule has 2 aliphatic heterocycles. The Labute approximate surface area is 241 Å². The summed E-state index contributed by atoms with van der Waals surface area (Å²) in [6, 6.07) is 9.25. The summed E-state index contributed by atoms with van der Waals surface area (Å²) in [5, 5.41) is 0. The van der Waals surface area contributed by atoms with E-state index in [1.165, 1.54) is 12.3 Å². The normalized spacial score (nSPS) is 19.7. The number of alkyl halides is 3. The Kier molecular flexibility index (Phi) is 8.51. The van der Waals surface area contributed by atoms with Crippen molar-refractivity contribution in [1.82, 2.24) is 14.9 Å². The number of piperazine rings is 1. The Bertz CT molecular complexity index is 1430. The summed E-state index contributed by atoms with van der Waals surface area (Å²) in [4.78, 5) is 39.3. The van der Waals surface area contributed by atoms with Gasteiger partial charge in [0.25, 0.3) is 6.01 Å². The minimum atomic E-state index is -4.83. The Morgan fingerprint density at radius 1 is 1.00 bits per heavy atom. The number of rotatable bonds is 7. The molecule has 5 rings (SSSR count). The predicted molar refractivity (Wildman–Crippen MR) is 148 cm³/mol. The lowest BCUT2D eigenvalue weighted by atomic mass is 10.0. The molecule has 2 fully saturated rings. The van der Waals surface area contributed by atoms with Crippen LogP contribution in [0, 0.1) is 11.7 Å². The topological polar surface area (TPSA) is 82.8 Å². The van der Waals surface area contributed by atoms with E-state index in [9.17, 15) is 27.2 Å². The molecule has 224 valence electrons. The van der Waals surface area contributed by atoms with Gasteiger partial charge in [0.05, 0.1) is 6.42 Å². The molecule has 2 aromatic heterocycles. The maximum absolute atomic E-state index is 14.0. The quantitative estimate of drug-likeness (QED) is 0.279. The first kappa shape index (κ1) is 29.5. The van der Waals surface area contributed by atoms with Gasteiger partial charge in [-0.15, -0.1) is 0 Å². The van der Waals surface area contributed by atoms with Gasteiger partial charge in [0, 0.05) is 51.4 Å². The van der Waals surface area contributed by atoms with Crippen molar-refractivity contribution < 1.29 is 31.6 Å². The van der Waals surface area contributed by atoms with Crippen LogP contribution in [-0.4, -0.2) is 65.3 Å². The molecule has 2 aliphatic rings. The minimum absolute atomic E-state index is 0.0160. The molecule has 2 atom stereocenters. The number of aromatic nitrogens is 2. The SMILES string of the molecule is CC1CCCN(c2nc(C(F)(F)F)c(C(=O)Cc3ccc(N4CCN(C(=O)Cc5ccccc5F)[C@@H](C)C4)nc3)o2)C1. The number of hydrogen-bond donors (Lipinski definition) is 0. The number of halogens is 4. The van der Waals surface area contributed by atoms with Crippen LogP contribution in [0.3, 0.4) is 0 Å². The smallest absolute Gasteiger partial charge is 0.420 e. The van der Waals surface area contributed by atoms with Gasteiger partial charge in [-0.05, 0) is 48.9 Å². The number of Topliss-reactive ketones (excluding diaryl/α,β-unsaturated/α-hetero) is 1. The zero-order chi connectivity index (χ0) is 30.0. The van der Waals surface area contributed by atoms with Crippen LogP contribution in [0.25, 0.3) is 0 Å². The van der Waals surface area contributed by atoms with Crippen molar-refractivity contribution >= 4 is 23.5 Å². The molecular weight excluding hydrogens is 554 g/mol. The Balaban J connectivity index is 1.22. The number of amides is 1. The van der Waals surface area contributed by atoms with Crippen LogP contribution in [0.1, 0.15) is 54.1 Å². The summed E-state index contributed by atoms with van der Waals surface area (Å²) < 4.78 is 60.7. The average molecular weight is 588 g/mol. The fraction of sp³-hybridized carbons (Fsp3) is 0.467. The van der Waals surface area contributed by atoms with E-state index >= 15 is 0 Å². The predicted octanol–water partition coefficient (Wildman–Crippen LogP) is 5.17. The molecule has 1 unspecified atom stereocenters. The summed E-state index contributed by atoms with van der Waals surface area (Å²) in [6.07, 6.45) is -1.92. The number of nitrogens with zero attached hydrogens (tertiary/aromatic N) is 5. The molecule has 0 aliphatic carbocycles. The molecule has 12 heteroatoms. The number of carbonyl (C=O) groups excluding carboxylic acids is 2. The van der Waals surface area contributed by atoms with E-state index in [2.05, 4.69) is 9.97 Å². The summed E-state index contributed by atoms with van der Waals surface area (Å²) in [7, 11) is 0. The number of oxazole rings is 1. The van der Waals surface area contributed by atoms with Crippen molar-refractivity contribution in [3.05, 3.63) is 71.0 Å². The highest BCUT2D eigenvalue weighted by molar-refractivity contribution is 5.96. The molecule has 1 aromatic carbocycles. The van der Waals surface area contributed by atoms with Crippen LogP contribution in [0.2, 0.25) is 0 Å². The highest BCUT2D eigenvalue weighted by Crippen LogP contribution is 2.35. The third-order valence-electron chi connectivity index (χ3n) is 7.81. The van der Waals surface area contributed by atoms with Crippen molar-refractivity contribution in [2.75, 3.05) is 42.5 Å². The number of pyridine rings is 1. The average Bonchev–Trinajstić information content (AvgIpc) is 3.42. The van der Waals surface area contributed by atoms with Crippen molar-refractivity contribution in [3.63, 3.8) is 0 Å². The second kappa shape index (κ2) is 12.1. The number of benzene rings is 1. The summed E-state index contributed by atoms with van der Waals surface area (Å²) >= 11 is 0. The van der Waals surface area contributed by atoms with Crippen LogP contribution in [0.4, 0.5) is 29.4 Å². The second-order valence-electron chi connectivity index (χ2n) is 11.1. The monoisotopic (exact) mass is 587 g/mol. The van der Waals surface area contributed by atoms with E-state index in [0.717, 1.165) is 12.8 Å². The van der Waals surface area contributed by atoms with Crippen molar-refractivity contribution in [2.45, 2.75) is 51.7 Å². The lowest BCUT2D eigenvalue weighted by Gasteiger charge is -2.40. The highest BCUT2D eigenvalue weighted by Gasteiger charge is 2.42. The number of ketones is 1. The first-order valence-electron chi connectivity index (χ1n) is 14.1. The largest absolute Gasteiger partial charge is 0.437 e. The van der Waals surface area contributed by atoms with Gasteiger partial charge in [0.2, 0.25) is 17.5 Å². The molecule has 0 saturated carbocycles. The van der Waals surface area contributed by atoms with Gasteiger partial charge in [0.1, 0.15) is 11.6 Å². The first-order valence-corrected chi connectivity index (χ1v) is 14.1. The van der Waals surface area contributed by atoms with E-state index in [4.69, 9.17) is 4.42 Å². The van der Waals surface area contributed by atoms with Crippen LogP contribution in [-0.2, 0) is 23.8 Å². The highest BCUT2D eigenvalue weighted by atomic mass is 19.4. The standard InChI is InChI=1S/C30H33F4N5O3/c1-19-6-5-11-38(17-19)29-36-28(30(32,33)34)27(42-29)24(40)14-21-9-10-25(35-16-21)37-12-13-39(20(2)18-37)26(41)15-22-7-3-4-8-23(22)31/h3-4,7-10,16,19-20H,5-6,11-15,17-18H2,1-2H3/t19?,20-/m0/s1. The van der Waals surface area contributed by atoms with Crippen LogP contribution >= 0.6 is 0 Å². The van der Waals surface area contributed by atoms with Crippen molar-refractivity contribution in [3.8, 4) is 0 Å².